The maximum atomic E-state index is 4.67. The molecule has 0 bridgehead atoms. The number of nitrogens with zero attached hydrogens (tertiary/aromatic N) is 3. The Morgan fingerprint density at radius 3 is 2.62 bits per heavy atom. The molecule has 3 rings (SSSR count). The number of benzene rings is 1. The summed E-state index contributed by atoms with van der Waals surface area (Å²) >= 11 is 3.54. The number of thiazole rings is 2. The van der Waals surface area contributed by atoms with Crippen molar-refractivity contribution < 1.29 is 0 Å². The van der Waals surface area contributed by atoms with E-state index >= 15 is 0 Å². The first-order valence-corrected chi connectivity index (χ1v) is 10.1. The SMILES string of the molecule is CN=C(NCCCc1nc2ccccc2s1)NCCc1ncc(C)s1.I. The van der Waals surface area contributed by atoms with E-state index < -0.39 is 0 Å². The van der Waals surface area contributed by atoms with E-state index in [4.69, 9.17) is 0 Å². The summed E-state index contributed by atoms with van der Waals surface area (Å²) in [5.41, 5.74) is 1.10. The van der Waals surface area contributed by atoms with Gasteiger partial charge < -0.3 is 10.6 Å². The van der Waals surface area contributed by atoms with Crippen LogP contribution in [0.3, 0.4) is 0 Å². The Kier molecular flexibility index (Phi) is 8.73. The van der Waals surface area contributed by atoms with Gasteiger partial charge in [-0.25, -0.2) is 9.97 Å². The van der Waals surface area contributed by atoms with E-state index in [1.54, 1.807) is 29.7 Å². The molecule has 0 radical (unpaired) electrons. The fourth-order valence-corrected chi connectivity index (χ4v) is 4.29. The predicted octanol–water partition coefficient (Wildman–Crippen LogP) is 4.02. The van der Waals surface area contributed by atoms with E-state index in [2.05, 4.69) is 50.7 Å². The summed E-state index contributed by atoms with van der Waals surface area (Å²) in [6.45, 7) is 3.80. The van der Waals surface area contributed by atoms with E-state index in [9.17, 15) is 0 Å². The van der Waals surface area contributed by atoms with Gasteiger partial charge in [-0.05, 0) is 25.5 Å². The average Bonchev–Trinajstić information content (AvgIpc) is 3.22. The van der Waals surface area contributed by atoms with Crippen LogP contribution in [0.2, 0.25) is 0 Å². The molecule has 0 fully saturated rings. The Hall–Kier alpha value is -1.26. The van der Waals surface area contributed by atoms with Crippen molar-refractivity contribution in [1.82, 2.24) is 20.6 Å². The number of aliphatic imine (C=N–C) groups is 1. The van der Waals surface area contributed by atoms with Gasteiger partial charge in [-0.2, -0.15) is 0 Å². The number of aromatic nitrogens is 2. The number of guanidine groups is 1. The highest BCUT2D eigenvalue weighted by Gasteiger charge is 2.04. The lowest BCUT2D eigenvalue weighted by atomic mass is 10.3. The fourth-order valence-electron chi connectivity index (χ4n) is 2.50. The molecule has 140 valence electrons. The fraction of sp³-hybridized carbons (Fsp3) is 0.389. The Bertz CT molecular complexity index is 810. The minimum absolute atomic E-state index is 0. The van der Waals surface area contributed by atoms with Crippen LogP contribution in [-0.2, 0) is 12.8 Å². The average molecular weight is 501 g/mol. The lowest BCUT2D eigenvalue weighted by molar-refractivity contribution is 0.737. The lowest BCUT2D eigenvalue weighted by Crippen LogP contribution is -2.38. The highest BCUT2D eigenvalue weighted by Crippen LogP contribution is 2.22. The maximum Gasteiger partial charge on any atom is 0.190 e. The van der Waals surface area contributed by atoms with Gasteiger partial charge >= 0.3 is 0 Å². The number of nitrogens with one attached hydrogen (secondary N) is 2. The maximum absolute atomic E-state index is 4.67. The molecule has 0 unspecified atom stereocenters. The summed E-state index contributed by atoms with van der Waals surface area (Å²) < 4.78 is 1.26. The van der Waals surface area contributed by atoms with Gasteiger partial charge in [-0.15, -0.1) is 46.7 Å². The summed E-state index contributed by atoms with van der Waals surface area (Å²) in [6, 6.07) is 8.30. The van der Waals surface area contributed by atoms with Gasteiger partial charge in [-0.1, -0.05) is 12.1 Å². The van der Waals surface area contributed by atoms with Crippen molar-refractivity contribution in [2.24, 2.45) is 4.99 Å². The molecular weight excluding hydrogens is 477 g/mol. The molecule has 0 saturated heterocycles. The van der Waals surface area contributed by atoms with Crippen LogP contribution in [-0.4, -0.2) is 36.1 Å². The first-order chi connectivity index (χ1) is 12.2. The molecule has 0 aliphatic carbocycles. The third-order valence-electron chi connectivity index (χ3n) is 3.72. The molecule has 0 saturated carbocycles. The van der Waals surface area contributed by atoms with Crippen LogP contribution in [0.1, 0.15) is 21.3 Å². The zero-order valence-corrected chi connectivity index (χ0v) is 19.0. The van der Waals surface area contributed by atoms with E-state index in [0.717, 1.165) is 48.8 Å². The Balaban J connectivity index is 0.00000243. The van der Waals surface area contributed by atoms with Gasteiger partial charge in [0.05, 0.1) is 20.2 Å². The van der Waals surface area contributed by atoms with Gasteiger partial charge in [0.1, 0.15) is 0 Å². The number of rotatable bonds is 7. The standard InChI is InChI=1S/C18H23N5S2.HI/c1-13-12-22-16(24-13)9-11-21-18(19-2)20-10-5-8-17-23-14-6-3-4-7-15(14)25-17;/h3-4,6-7,12H,5,8-11H2,1-2H3,(H2,19,20,21);1H. The number of halogens is 1. The minimum Gasteiger partial charge on any atom is -0.356 e. The second-order valence-electron chi connectivity index (χ2n) is 5.72. The number of fused-ring (bicyclic) bond motifs is 1. The first-order valence-electron chi connectivity index (χ1n) is 8.45. The van der Waals surface area contributed by atoms with Crippen LogP contribution in [0.15, 0.2) is 35.5 Å². The summed E-state index contributed by atoms with van der Waals surface area (Å²) in [5, 5.41) is 9.07. The van der Waals surface area contributed by atoms with Crippen LogP contribution in [0.4, 0.5) is 0 Å². The number of aryl methyl sites for hydroxylation is 2. The normalized spacial score (nSPS) is 11.4. The molecule has 0 aliphatic heterocycles. The van der Waals surface area contributed by atoms with Crippen molar-refractivity contribution in [1.29, 1.82) is 0 Å². The summed E-state index contributed by atoms with van der Waals surface area (Å²) in [4.78, 5) is 14.6. The van der Waals surface area contributed by atoms with Gasteiger partial charge in [-0.3, -0.25) is 4.99 Å². The molecule has 0 atom stereocenters. The van der Waals surface area contributed by atoms with Crippen molar-refractivity contribution in [2.45, 2.75) is 26.2 Å². The molecule has 0 spiro atoms. The number of para-hydroxylation sites is 1. The molecule has 1 aromatic carbocycles. The van der Waals surface area contributed by atoms with E-state index in [-0.39, 0.29) is 24.0 Å². The van der Waals surface area contributed by atoms with E-state index in [0.29, 0.717) is 0 Å². The van der Waals surface area contributed by atoms with Gasteiger partial charge in [0, 0.05) is 44.1 Å². The van der Waals surface area contributed by atoms with Crippen molar-refractivity contribution in [3.8, 4) is 0 Å². The van der Waals surface area contributed by atoms with Crippen LogP contribution in [0.25, 0.3) is 10.2 Å². The van der Waals surface area contributed by atoms with Gasteiger partial charge in [0.2, 0.25) is 0 Å². The third kappa shape index (κ3) is 6.17. The third-order valence-corrected chi connectivity index (χ3v) is 5.79. The Morgan fingerprint density at radius 2 is 1.88 bits per heavy atom. The van der Waals surface area contributed by atoms with Crippen molar-refractivity contribution >= 4 is 62.8 Å². The summed E-state index contributed by atoms with van der Waals surface area (Å²) in [6.07, 6.45) is 4.87. The van der Waals surface area contributed by atoms with Crippen molar-refractivity contribution in [3.05, 3.63) is 45.4 Å². The molecule has 8 heteroatoms. The van der Waals surface area contributed by atoms with Crippen molar-refractivity contribution in [3.63, 3.8) is 0 Å². The zero-order chi connectivity index (χ0) is 17.5. The van der Waals surface area contributed by atoms with Crippen LogP contribution in [0.5, 0.6) is 0 Å². The number of hydrogen-bond donors (Lipinski definition) is 2. The molecule has 2 heterocycles. The van der Waals surface area contributed by atoms with Gasteiger partial charge in [0.25, 0.3) is 0 Å². The van der Waals surface area contributed by atoms with Crippen molar-refractivity contribution in [2.75, 3.05) is 20.1 Å². The molecule has 2 aromatic heterocycles. The molecular formula is C18H24IN5S2. The molecule has 0 aliphatic rings. The molecule has 2 N–H and O–H groups in total. The molecule has 3 aromatic rings. The molecule has 5 nitrogen and oxygen atoms in total. The number of hydrogen-bond acceptors (Lipinski definition) is 5. The molecule has 26 heavy (non-hydrogen) atoms. The first kappa shape index (κ1) is 21.0. The second kappa shape index (κ2) is 10.8. The topological polar surface area (TPSA) is 62.2 Å². The Morgan fingerprint density at radius 1 is 1.08 bits per heavy atom. The summed E-state index contributed by atoms with van der Waals surface area (Å²) in [5.74, 6) is 0.845. The minimum atomic E-state index is 0. The van der Waals surface area contributed by atoms with Crippen LogP contribution in [0, 0.1) is 6.92 Å². The van der Waals surface area contributed by atoms with Crippen LogP contribution >= 0.6 is 46.7 Å². The highest BCUT2D eigenvalue weighted by atomic mass is 127. The van der Waals surface area contributed by atoms with Crippen LogP contribution < -0.4 is 10.6 Å². The Labute approximate surface area is 179 Å². The largest absolute Gasteiger partial charge is 0.356 e. The zero-order valence-electron chi connectivity index (χ0n) is 15.0. The smallest absolute Gasteiger partial charge is 0.190 e. The molecule has 0 amide bonds. The predicted molar refractivity (Wildman–Crippen MR) is 123 cm³/mol. The second-order valence-corrected chi connectivity index (χ2v) is 8.15. The quantitative estimate of drug-likeness (QED) is 0.222. The van der Waals surface area contributed by atoms with E-state index in [1.807, 2.05) is 12.3 Å². The van der Waals surface area contributed by atoms with Gasteiger partial charge in [0.15, 0.2) is 5.96 Å². The van der Waals surface area contributed by atoms with E-state index in [1.165, 1.54) is 14.6 Å². The summed E-state index contributed by atoms with van der Waals surface area (Å²) in [7, 11) is 1.80. The lowest BCUT2D eigenvalue weighted by Gasteiger charge is -2.10. The highest BCUT2D eigenvalue weighted by molar-refractivity contribution is 14.0. The monoisotopic (exact) mass is 501 g/mol.